The largest absolute Gasteiger partial charge is 0.304 e. The van der Waals surface area contributed by atoms with Crippen LogP contribution in [0.25, 0.3) is 0 Å². The first kappa shape index (κ1) is 13.7. The van der Waals surface area contributed by atoms with Crippen LogP contribution in [0.4, 0.5) is 0 Å². The smallest absolute Gasteiger partial charge is 0.0769 e. The lowest BCUT2D eigenvalue weighted by Gasteiger charge is -2.21. The van der Waals surface area contributed by atoms with Crippen molar-refractivity contribution in [2.24, 2.45) is 5.92 Å². The summed E-state index contributed by atoms with van der Waals surface area (Å²) in [6, 6.07) is 14.9. The van der Waals surface area contributed by atoms with Crippen molar-refractivity contribution in [2.45, 2.75) is 32.9 Å². The highest BCUT2D eigenvalue weighted by atomic mass is 15.1. The Bertz CT molecular complexity index is 468. The first-order chi connectivity index (χ1) is 9.25. The second-order valence-corrected chi connectivity index (χ2v) is 5.19. The zero-order valence-electron chi connectivity index (χ0n) is 11.6. The second-order valence-electron chi connectivity index (χ2n) is 5.19. The molecular weight excluding hydrogens is 234 g/mol. The van der Waals surface area contributed by atoms with Crippen molar-refractivity contribution in [3.8, 4) is 0 Å². The summed E-state index contributed by atoms with van der Waals surface area (Å²) in [6.07, 6.45) is 2.82. The molecule has 0 fully saturated rings. The lowest BCUT2D eigenvalue weighted by Crippen LogP contribution is -2.23. The molecule has 0 spiro atoms. The van der Waals surface area contributed by atoms with Crippen LogP contribution in [0, 0.1) is 5.92 Å². The maximum atomic E-state index is 4.11. The molecule has 2 aromatic rings. The molecule has 0 aliphatic carbocycles. The van der Waals surface area contributed by atoms with Crippen LogP contribution in [0.3, 0.4) is 0 Å². The van der Waals surface area contributed by atoms with E-state index in [9.17, 15) is 0 Å². The molecule has 0 aliphatic heterocycles. The molecule has 3 heteroatoms. The van der Waals surface area contributed by atoms with E-state index in [0.29, 0.717) is 12.0 Å². The Labute approximate surface area is 115 Å². The summed E-state index contributed by atoms with van der Waals surface area (Å²) in [7, 11) is 0. The standard InChI is InChI=1S/C16H21N3/c1-13(2)11-16(14-7-4-3-5-8-14)17-12-15-9-6-10-18-19-15/h3-10,13,16-17H,11-12H2,1-2H3. The molecule has 0 bridgehead atoms. The Hall–Kier alpha value is -1.74. The summed E-state index contributed by atoms with van der Waals surface area (Å²) in [4.78, 5) is 0. The van der Waals surface area contributed by atoms with Gasteiger partial charge in [-0.05, 0) is 30.0 Å². The molecule has 100 valence electrons. The Morgan fingerprint density at radius 1 is 1.05 bits per heavy atom. The van der Waals surface area contributed by atoms with E-state index in [2.05, 4.69) is 59.7 Å². The third-order valence-corrected chi connectivity index (χ3v) is 3.07. The van der Waals surface area contributed by atoms with Crippen molar-refractivity contribution < 1.29 is 0 Å². The molecule has 1 N–H and O–H groups in total. The predicted molar refractivity (Wildman–Crippen MR) is 77.5 cm³/mol. The van der Waals surface area contributed by atoms with Gasteiger partial charge in [-0.25, -0.2) is 0 Å². The molecule has 1 heterocycles. The van der Waals surface area contributed by atoms with Crippen molar-refractivity contribution in [1.29, 1.82) is 0 Å². The predicted octanol–water partition coefficient (Wildman–Crippen LogP) is 3.35. The Morgan fingerprint density at radius 2 is 1.84 bits per heavy atom. The zero-order chi connectivity index (χ0) is 13.5. The van der Waals surface area contributed by atoms with Gasteiger partial charge in [0.1, 0.15) is 0 Å². The third-order valence-electron chi connectivity index (χ3n) is 3.07. The average molecular weight is 255 g/mol. The van der Waals surface area contributed by atoms with Crippen LogP contribution in [0.1, 0.15) is 37.6 Å². The van der Waals surface area contributed by atoms with Gasteiger partial charge >= 0.3 is 0 Å². The van der Waals surface area contributed by atoms with Gasteiger partial charge in [0, 0.05) is 18.8 Å². The fraction of sp³-hybridized carbons (Fsp3) is 0.375. The quantitative estimate of drug-likeness (QED) is 0.860. The summed E-state index contributed by atoms with van der Waals surface area (Å²) < 4.78 is 0. The minimum Gasteiger partial charge on any atom is -0.304 e. The average Bonchev–Trinajstić information content (AvgIpc) is 2.45. The van der Waals surface area contributed by atoms with E-state index in [-0.39, 0.29) is 0 Å². The highest BCUT2D eigenvalue weighted by Gasteiger charge is 2.12. The molecule has 1 aromatic carbocycles. The van der Waals surface area contributed by atoms with E-state index in [4.69, 9.17) is 0 Å². The van der Waals surface area contributed by atoms with Crippen LogP contribution < -0.4 is 5.32 Å². The van der Waals surface area contributed by atoms with E-state index in [0.717, 1.165) is 18.7 Å². The SMILES string of the molecule is CC(C)CC(NCc1cccnn1)c1ccccc1. The Kier molecular flexibility index (Phi) is 5.04. The van der Waals surface area contributed by atoms with Crippen LogP contribution >= 0.6 is 0 Å². The van der Waals surface area contributed by atoms with Gasteiger partial charge in [-0.3, -0.25) is 0 Å². The third kappa shape index (κ3) is 4.45. The fourth-order valence-corrected chi connectivity index (χ4v) is 2.15. The van der Waals surface area contributed by atoms with E-state index in [1.54, 1.807) is 6.20 Å². The zero-order valence-corrected chi connectivity index (χ0v) is 11.6. The molecule has 3 nitrogen and oxygen atoms in total. The lowest BCUT2D eigenvalue weighted by molar-refractivity contribution is 0.426. The van der Waals surface area contributed by atoms with Gasteiger partial charge < -0.3 is 5.32 Å². The van der Waals surface area contributed by atoms with Gasteiger partial charge in [0.2, 0.25) is 0 Å². The van der Waals surface area contributed by atoms with Gasteiger partial charge in [0.25, 0.3) is 0 Å². The van der Waals surface area contributed by atoms with Crippen LogP contribution in [-0.2, 0) is 6.54 Å². The Balaban J connectivity index is 2.02. The first-order valence-electron chi connectivity index (χ1n) is 6.80. The monoisotopic (exact) mass is 255 g/mol. The molecule has 0 saturated heterocycles. The van der Waals surface area contributed by atoms with Gasteiger partial charge in [-0.15, -0.1) is 0 Å². The van der Waals surface area contributed by atoms with Crippen LogP contribution in [-0.4, -0.2) is 10.2 Å². The van der Waals surface area contributed by atoms with Crippen LogP contribution in [0.2, 0.25) is 0 Å². The normalized spacial score (nSPS) is 12.6. The summed E-state index contributed by atoms with van der Waals surface area (Å²) in [5.41, 5.74) is 2.31. The number of hydrogen-bond donors (Lipinski definition) is 1. The fourth-order valence-electron chi connectivity index (χ4n) is 2.15. The van der Waals surface area contributed by atoms with Crippen molar-refractivity contribution >= 4 is 0 Å². The minimum absolute atomic E-state index is 0.364. The number of aromatic nitrogens is 2. The number of benzene rings is 1. The molecule has 0 amide bonds. The number of nitrogens with one attached hydrogen (secondary N) is 1. The number of hydrogen-bond acceptors (Lipinski definition) is 3. The molecule has 0 radical (unpaired) electrons. The maximum Gasteiger partial charge on any atom is 0.0769 e. The van der Waals surface area contributed by atoms with Gasteiger partial charge in [-0.2, -0.15) is 10.2 Å². The molecule has 1 atom stereocenters. The molecule has 19 heavy (non-hydrogen) atoms. The lowest BCUT2D eigenvalue weighted by atomic mass is 9.97. The summed E-state index contributed by atoms with van der Waals surface area (Å²) in [5.74, 6) is 0.652. The summed E-state index contributed by atoms with van der Waals surface area (Å²) >= 11 is 0. The first-order valence-corrected chi connectivity index (χ1v) is 6.80. The minimum atomic E-state index is 0.364. The highest BCUT2D eigenvalue weighted by Crippen LogP contribution is 2.21. The van der Waals surface area contributed by atoms with Gasteiger partial charge in [0.15, 0.2) is 0 Å². The Morgan fingerprint density at radius 3 is 2.47 bits per heavy atom. The van der Waals surface area contributed by atoms with Crippen LogP contribution in [0.5, 0.6) is 0 Å². The highest BCUT2D eigenvalue weighted by molar-refractivity contribution is 5.19. The van der Waals surface area contributed by atoms with E-state index < -0.39 is 0 Å². The molecule has 2 rings (SSSR count). The van der Waals surface area contributed by atoms with Crippen molar-refractivity contribution in [2.75, 3.05) is 0 Å². The summed E-state index contributed by atoms with van der Waals surface area (Å²) in [6.45, 7) is 5.25. The topological polar surface area (TPSA) is 37.8 Å². The van der Waals surface area contributed by atoms with Gasteiger partial charge in [0.05, 0.1) is 5.69 Å². The summed E-state index contributed by atoms with van der Waals surface area (Å²) in [5, 5.41) is 11.6. The molecule has 1 aromatic heterocycles. The number of rotatable bonds is 6. The molecule has 0 saturated carbocycles. The maximum absolute atomic E-state index is 4.11. The van der Waals surface area contributed by atoms with Crippen LogP contribution in [0.15, 0.2) is 48.7 Å². The second kappa shape index (κ2) is 7.00. The molecular formula is C16H21N3. The number of nitrogens with zero attached hydrogens (tertiary/aromatic N) is 2. The van der Waals surface area contributed by atoms with Crippen molar-refractivity contribution in [3.63, 3.8) is 0 Å². The van der Waals surface area contributed by atoms with E-state index in [1.165, 1.54) is 5.56 Å². The van der Waals surface area contributed by atoms with Crippen molar-refractivity contribution in [1.82, 2.24) is 15.5 Å². The van der Waals surface area contributed by atoms with E-state index in [1.807, 2.05) is 12.1 Å². The molecule has 1 unspecified atom stereocenters. The van der Waals surface area contributed by atoms with E-state index >= 15 is 0 Å². The van der Waals surface area contributed by atoms with Crippen molar-refractivity contribution in [3.05, 3.63) is 59.9 Å². The molecule has 0 aliphatic rings. The van der Waals surface area contributed by atoms with Gasteiger partial charge in [-0.1, -0.05) is 44.2 Å².